The van der Waals surface area contributed by atoms with Crippen molar-refractivity contribution < 1.29 is 4.79 Å². The maximum Gasteiger partial charge on any atom is 0.253 e. The third-order valence-corrected chi connectivity index (χ3v) is 4.22. The third kappa shape index (κ3) is 3.64. The monoisotopic (exact) mass is 346 g/mol. The van der Waals surface area contributed by atoms with Crippen molar-refractivity contribution >= 4 is 27.5 Å². The molecule has 21 heavy (non-hydrogen) atoms. The summed E-state index contributed by atoms with van der Waals surface area (Å²) in [6, 6.07) is 11.5. The molecule has 0 unspecified atom stereocenters. The van der Waals surface area contributed by atoms with Crippen molar-refractivity contribution in [1.29, 1.82) is 0 Å². The van der Waals surface area contributed by atoms with Gasteiger partial charge in [-0.15, -0.1) is 0 Å². The lowest BCUT2D eigenvalue weighted by molar-refractivity contribution is 0.0785. The number of nitrogens with zero attached hydrogens (tertiary/aromatic N) is 1. The van der Waals surface area contributed by atoms with Gasteiger partial charge in [0.25, 0.3) is 5.91 Å². The number of rotatable bonds is 3. The molecule has 0 bridgehead atoms. The molecule has 1 amide bonds. The molecule has 0 saturated carbocycles. The van der Waals surface area contributed by atoms with Crippen molar-refractivity contribution in [2.75, 3.05) is 12.8 Å². The van der Waals surface area contributed by atoms with E-state index in [-0.39, 0.29) is 5.91 Å². The number of nitrogen functional groups attached to an aromatic ring is 1. The molecule has 2 rings (SSSR count). The van der Waals surface area contributed by atoms with Crippen LogP contribution in [-0.4, -0.2) is 17.9 Å². The first-order valence-corrected chi connectivity index (χ1v) is 7.54. The summed E-state index contributed by atoms with van der Waals surface area (Å²) in [5.74, 6) is -0.0332. The fraction of sp³-hybridized carbons (Fsp3) is 0.235. The number of anilines is 1. The van der Waals surface area contributed by atoms with Gasteiger partial charge < -0.3 is 10.6 Å². The number of nitrogens with two attached hydrogens (primary N) is 1. The molecule has 0 aliphatic heterocycles. The van der Waals surface area contributed by atoms with Crippen LogP contribution in [0.3, 0.4) is 0 Å². The van der Waals surface area contributed by atoms with Crippen LogP contribution in [0.2, 0.25) is 0 Å². The summed E-state index contributed by atoms with van der Waals surface area (Å²) < 4.78 is 0.802. The summed E-state index contributed by atoms with van der Waals surface area (Å²) in [5, 5.41) is 0. The van der Waals surface area contributed by atoms with E-state index in [0.717, 1.165) is 10.0 Å². The zero-order valence-electron chi connectivity index (χ0n) is 12.5. The lowest BCUT2D eigenvalue weighted by Gasteiger charge is -2.19. The fourth-order valence-corrected chi connectivity index (χ4v) is 2.49. The number of benzene rings is 2. The minimum absolute atomic E-state index is 0.0332. The highest BCUT2D eigenvalue weighted by Gasteiger charge is 2.14. The molecule has 4 heteroatoms. The average Bonchev–Trinajstić information content (AvgIpc) is 2.44. The van der Waals surface area contributed by atoms with E-state index in [9.17, 15) is 4.79 Å². The maximum absolute atomic E-state index is 12.4. The Morgan fingerprint density at radius 2 is 1.90 bits per heavy atom. The van der Waals surface area contributed by atoms with E-state index < -0.39 is 0 Å². The summed E-state index contributed by atoms with van der Waals surface area (Å²) in [6.45, 7) is 4.72. The Morgan fingerprint density at radius 3 is 2.52 bits per heavy atom. The van der Waals surface area contributed by atoms with Crippen LogP contribution in [0, 0.1) is 13.8 Å². The minimum Gasteiger partial charge on any atom is -0.398 e. The van der Waals surface area contributed by atoms with E-state index >= 15 is 0 Å². The molecule has 0 atom stereocenters. The highest BCUT2D eigenvalue weighted by Crippen LogP contribution is 2.21. The number of hydrogen-bond acceptors (Lipinski definition) is 2. The second kappa shape index (κ2) is 6.31. The topological polar surface area (TPSA) is 46.3 Å². The average molecular weight is 347 g/mol. The van der Waals surface area contributed by atoms with E-state index in [1.165, 1.54) is 11.1 Å². The molecule has 2 aromatic carbocycles. The molecule has 110 valence electrons. The first kappa shape index (κ1) is 15.6. The molecule has 0 saturated heterocycles. The number of hydrogen-bond donors (Lipinski definition) is 1. The molecular formula is C17H19BrN2O. The number of carbonyl (C=O) groups is 1. The number of aryl methyl sites for hydroxylation is 2. The second-order valence-electron chi connectivity index (χ2n) is 5.33. The quantitative estimate of drug-likeness (QED) is 0.856. The van der Waals surface area contributed by atoms with Gasteiger partial charge in [-0.1, -0.05) is 23.8 Å². The van der Waals surface area contributed by atoms with Crippen molar-refractivity contribution in [3.8, 4) is 0 Å². The van der Waals surface area contributed by atoms with Crippen molar-refractivity contribution in [3.63, 3.8) is 0 Å². The van der Waals surface area contributed by atoms with Gasteiger partial charge in [-0.25, -0.2) is 0 Å². The van der Waals surface area contributed by atoms with E-state index in [2.05, 4.69) is 48.0 Å². The predicted molar refractivity (Wildman–Crippen MR) is 90.3 cm³/mol. The van der Waals surface area contributed by atoms with Gasteiger partial charge >= 0.3 is 0 Å². The molecule has 0 spiro atoms. The summed E-state index contributed by atoms with van der Waals surface area (Å²) in [5.41, 5.74) is 10.6. The van der Waals surface area contributed by atoms with Crippen LogP contribution in [0.5, 0.6) is 0 Å². The molecule has 0 aliphatic rings. The van der Waals surface area contributed by atoms with Crippen molar-refractivity contribution in [1.82, 2.24) is 4.90 Å². The minimum atomic E-state index is -0.0332. The Balaban J connectivity index is 2.17. The highest BCUT2D eigenvalue weighted by molar-refractivity contribution is 9.10. The summed E-state index contributed by atoms with van der Waals surface area (Å²) in [6.07, 6.45) is 0. The zero-order chi connectivity index (χ0) is 15.6. The Hall–Kier alpha value is -1.81. The summed E-state index contributed by atoms with van der Waals surface area (Å²) in [4.78, 5) is 14.2. The third-order valence-electron chi connectivity index (χ3n) is 3.50. The van der Waals surface area contributed by atoms with Crippen LogP contribution in [0.15, 0.2) is 40.9 Å². The molecule has 0 heterocycles. The molecule has 2 N–H and O–H groups in total. The Morgan fingerprint density at radius 1 is 1.19 bits per heavy atom. The van der Waals surface area contributed by atoms with Gasteiger partial charge in [0.1, 0.15) is 0 Å². The smallest absolute Gasteiger partial charge is 0.253 e. The van der Waals surface area contributed by atoms with Gasteiger partial charge in [-0.3, -0.25) is 4.79 Å². The molecular weight excluding hydrogens is 328 g/mol. The normalized spacial score (nSPS) is 10.5. The molecule has 0 fully saturated rings. The molecule has 2 aromatic rings. The van der Waals surface area contributed by atoms with Crippen LogP contribution in [0.1, 0.15) is 27.0 Å². The number of amides is 1. The fourth-order valence-electron chi connectivity index (χ4n) is 2.25. The van der Waals surface area contributed by atoms with Crippen LogP contribution in [-0.2, 0) is 6.54 Å². The lowest BCUT2D eigenvalue weighted by atomic mass is 10.1. The Kier molecular flexibility index (Phi) is 4.68. The van der Waals surface area contributed by atoms with Gasteiger partial charge in [-0.05, 0) is 59.1 Å². The van der Waals surface area contributed by atoms with E-state index in [0.29, 0.717) is 17.8 Å². The molecule has 0 radical (unpaired) electrons. The number of halogens is 1. The zero-order valence-corrected chi connectivity index (χ0v) is 14.1. The summed E-state index contributed by atoms with van der Waals surface area (Å²) in [7, 11) is 1.81. The Labute approximate surface area is 133 Å². The largest absolute Gasteiger partial charge is 0.398 e. The standard InChI is InChI=1S/C17H19BrN2O/c1-11-4-5-14(12(2)8-11)10-20(3)17(21)13-6-7-15(18)16(19)9-13/h4-9H,10,19H2,1-3H3. The maximum atomic E-state index is 12.4. The van der Waals surface area contributed by atoms with Crippen LogP contribution in [0.4, 0.5) is 5.69 Å². The first-order valence-electron chi connectivity index (χ1n) is 6.75. The van der Waals surface area contributed by atoms with Crippen molar-refractivity contribution in [2.45, 2.75) is 20.4 Å². The first-order chi connectivity index (χ1) is 9.88. The SMILES string of the molecule is Cc1ccc(CN(C)C(=O)c2ccc(Br)c(N)c2)c(C)c1. The van der Waals surface area contributed by atoms with E-state index in [1.54, 1.807) is 30.1 Å². The lowest BCUT2D eigenvalue weighted by Crippen LogP contribution is -2.26. The highest BCUT2D eigenvalue weighted by atomic mass is 79.9. The summed E-state index contributed by atoms with van der Waals surface area (Å²) >= 11 is 3.34. The predicted octanol–water partition coefficient (Wildman–Crippen LogP) is 3.92. The van der Waals surface area contributed by atoms with Crippen molar-refractivity contribution in [2.24, 2.45) is 0 Å². The van der Waals surface area contributed by atoms with E-state index in [4.69, 9.17) is 5.73 Å². The van der Waals surface area contributed by atoms with Gasteiger partial charge in [0.15, 0.2) is 0 Å². The van der Waals surface area contributed by atoms with Crippen molar-refractivity contribution in [3.05, 3.63) is 63.1 Å². The van der Waals surface area contributed by atoms with Crippen LogP contribution < -0.4 is 5.73 Å². The number of carbonyl (C=O) groups excluding carboxylic acids is 1. The van der Waals surface area contributed by atoms with Gasteiger partial charge in [0.05, 0.1) is 0 Å². The van der Waals surface area contributed by atoms with E-state index in [1.807, 2.05) is 0 Å². The Bertz CT molecular complexity index is 682. The van der Waals surface area contributed by atoms with Gasteiger partial charge in [0, 0.05) is 29.3 Å². The molecule has 3 nitrogen and oxygen atoms in total. The molecule has 0 aliphatic carbocycles. The second-order valence-corrected chi connectivity index (χ2v) is 6.18. The van der Waals surface area contributed by atoms with Crippen LogP contribution >= 0.6 is 15.9 Å². The van der Waals surface area contributed by atoms with Crippen LogP contribution in [0.25, 0.3) is 0 Å². The van der Waals surface area contributed by atoms with Gasteiger partial charge in [-0.2, -0.15) is 0 Å². The molecule has 0 aromatic heterocycles. The van der Waals surface area contributed by atoms with Gasteiger partial charge in [0.2, 0.25) is 0 Å².